The van der Waals surface area contributed by atoms with Gasteiger partial charge in [-0.1, -0.05) is 6.92 Å². The van der Waals surface area contributed by atoms with Crippen LogP contribution in [0.2, 0.25) is 0 Å². The van der Waals surface area contributed by atoms with Crippen LogP contribution in [0.3, 0.4) is 0 Å². The summed E-state index contributed by atoms with van der Waals surface area (Å²) in [7, 11) is 0. The van der Waals surface area contributed by atoms with Crippen LogP contribution in [0.4, 0.5) is 19.0 Å². The maximum atomic E-state index is 12.5. The standard InChI is InChI=1S/C11H14F3N3O2/c1-2-6(5-18)16-10-7(9(15)19)3-4-8(17-10)11(12,13)14/h3-4,6,18H,2,5H2,1H3,(H2,15,19)(H,16,17). The maximum absolute atomic E-state index is 12.5. The number of hydrogen-bond acceptors (Lipinski definition) is 4. The summed E-state index contributed by atoms with van der Waals surface area (Å²) in [6.45, 7) is 1.43. The van der Waals surface area contributed by atoms with Gasteiger partial charge in [-0.2, -0.15) is 13.2 Å². The second-order valence-electron chi connectivity index (χ2n) is 3.89. The molecule has 0 fully saturated rings. The van der Waals surface area contributed by atoms with Gasteiger partial charge in [-0.15, -0.1) is 0 Å². The van der Waals surface area contributed by atoms with Gasteiger partial charge in [0.05, 0.1) is 18.2 Å². The molecular formula is C11H14F3N3O2. The van der Waals surface area contributed by atoms with E-state index in [4.69, 9.17) is 10.8 Å². The summed E-state index contributed by atoms with van der Waals surface area (Å²) in [6, 6.07) is 1.14. The summed E-state index contributed by atoms with van der Waals surface area (Å²) in [5.74, 6) is -1.17. The molecule has 0 aliphatic heterocycles. The third-order valence-electron chi connectivity index (χ3n) is 2.51. The van der Waals surface area contributed by atoms with E-state index < -0.39 is 23.8 Å². The molecule has 0 aromatic carbocycles. The number of amides is 1. The molecule has 0 aliphatic rings. The number of halogens is 3. The van der Waals surface area contributed by atoms with Crippen LogP contribution in [-0.4, -0.2) is 28.6 Å². The van der Waals surface area contributed by atoms with Gasteiger partial charge in [0.25, 0.3) is 5.91 Å². The van der Waals surface area contributed by atoms with Crippen LogP contribution in [0.25, 0.3) is 0 Å². The van der Waals surface area contributed by atoms with Crippen molar-refractivity contribution in [3.63, 3.8) is 0 Å². The average molecular weight is 277 g/mol. The van der Waals surface area contributed by atoms with Gasteiger partial charge in [0.1, 0.15) is 11.5 Å². The number of carbonyl (C=O) groups is 1. The Bertz CT molecular complexity index is 459. The predicted octanol–water partition coefficient (Wildman–Crippen LogP) is 1.38. The molecular weight excluding hydrogens is 263 g/mol. The Morgan fingerprint density at radius 3 is 2.58 bits per heavy atom. The number of pyridine rings is 1. The van der Waals surface area contributed by atoms with Crippen LogP contribution in [0.5, 0.6) is 0 Å². The molecule has 0 bridgehead atoms. The molecule has 0 saturated heterocycles. The minimum absolute atomic E-state index is 0.153. The quantitative estimate of drug-likeness (QED) is 0.758. The number of nitrogens with one attached hydrogen (secondary N) is 1. The molecule has 1 unspecified atom stereocenters. The van der Waals surface area contributed by atoms with E-state index in [0.29, 0.717) is 12.5 Å². The second-order valence-corrected chi connectivity index (χ2v) is 3.89. The highest BCUT2D eigenvalue weighted by Crippen LogP contribution is 2.29. The highest BCUT2D eigenvalue weighted by molar-refractivity contribution is 5.97. The highest BCUT2D eigenvalue weighted by atomic mass is 19.4. The van der Waals surface area contributed by atoms with Crippen molar-refractivity contribution >= 4 is 11.7 Å². The third kappa shape index (κ3) is 3.82. The van der Waals surface area contributed by atoms with Crippen LogP contribution in [0.1, 0.15) is 29.4 Å². The largest absolute Gasteiger partial charge is 0.433 e. The number of alkyl halides is 3. The SMILES string of the molecule is CCC(CO)Nc1nc(C(F)(F)F)ccc1C(N)=O. The Balaban J connectivity index is 3.19. The lowest BCUT2D eigenvalue weighted by molar-refractivity contribution is -0.141. The van der Waals surface area contributed by atoms with Crippen molar-refractivity contribution in [1.82, 2.24) is 4.98 Å². The Morgan fingerprint density at radius 1 is 1.53 bits per heavy atom. The fourth-order valence-electron chi connectivity index (χ4n) is 1.40. The van der Waals surface area contributed by atoms with Gasteiger partial charge < -0.3 is 16.2 Å². The molecule has 106 valence electrons. The second kappa shape index (κ2) is 5.87. The normalized spacial score (nSPS) is 13.1. The van der Waals surface area contributed by atoms with Crippen LogP contribution >= 0.6 is 0 Å². The van der Waals surface area contributed by atoms with Crippen LogP contribution < -0.4 is 11.1 Å². The molecule has 1 aromatic rings. The Morgan fingerprint density at radius 2 is 2.16 bits per heavy atom. The molecule has 5 nitrogen and oxygen atoms in total. The molecule has 0 aliphatic carbocycles. The zero-order chi connectivity index (χ0) is 14.6. The number of aliphatic hydroxyl groups is 1. The number of aromatic nitrogens is 1. The fraction of sp³-hybridized carbons (Fsp3) is 0.455. The molecule has 0 saturated carbocycles. The van der Waals surface area contributed by atoms with E-state index in [2.05, 4.69) is 10.3 Å². The van der Waals surface area contributed by atoms with E-state index in [1.165, 1.54) is 0 Å². The average Bonchev–Trinajstić information content (AvgIpc) is 2.34. The maximum Gasteiger partial charge on any atom is 0.433 e. The lowest BCUT2D eigenvalue weighted by atomic mass is 10.2. The number of hydrogen-bond donors (Lipinski definition) is 3. The lowest BCUT2D eigenvalue weighted by Crippen LogP contribution is -2.26. The van der Waals surface area contributed by atoms with Crippen LogP contribution in [0, 0.1) is 0 Å². The molecule has 0 spiro atoms. The minimum atomic E-state index is -4.62. The number of primary amides is 1. The molecule has 1 atom stereocenters. The molecule has 19 heavy (non-hydrogen) atoms. The summed E-state index contributed by atoms with van der Waals surface area (Å²) in [4.78, 5) is 14.5. The minimum Gasteiger partial charge on any atom is -0.394 e. The first-order chi connectivity index (χ1) is 8.79. The Labute approximate surface area is 107 Å². The number of nitrogens with zero attached hydrogens (tertiary/aromatic N) is 1. The van der Waals surface area contributed by atoms with Crippen LogP contribution in [0.15, 0.2) is 12.1 Å². The van der Waals surface area contributed by atoms with Gasteiger partial charge in [-0.3, -0.25) is 4.79 Å². The summed E-state index contributed by atoms with van der Waals surface area (Å²) < 4.78 is 37.6. The van der Waals surface area contributed by atoms with Gasteiger partial charge in [0.15, 0.2) is 0 Å². The molecule has 1 amide bonds. The van der Waals surface area contributed by atoms with Crippen molar-refractivity contribution in [1.29, 1.82) is 0 Å². The molecule has 1 heterocycles. The first-order valence-electron chi connectivity index (χ1n) is 5.55. The van der Waals surface area contributed by atoms with Gasteiger partial charge in [0.2, 0.25) is 0 Å². The smallest absolute Gasteiger partial charge is 0.394 e. The van der Waals surface area contributed by atoms with Crippen molar-refractivity contribution in [2.24, 2.45) is 5.73 Å². The zero-order valence-electron chi connectivity index (χ0n) is 10.2. The van der Waals surface area contributed by atoms with E-state index in [-0.39, 0.29) is 18.0 Å². The van der Waals surface area contributed by atoms with Gasteiger partial charge in [0, 0.05) is 0 Å². The summed E-state index contributed by atoms with van der Waals surface area (Å²) in [5, 5.41) is 11.6. The summed E-state index contributed by atoms with van der Waals surface area (Å²) in [5.41, 5.74) is 3.79. The fourth-order valence-corrected chi connectivity index (χ4v) is 1.40. The summed E-state index contributed by atoms with van der Waals surface area (Å²) in [6.07, 6.45) is -4.17. The predicted molar refractivity (Wildman–Crippen MR) is 62.5 cm³/mol. The number of nitrogens with two attached hydrogens (primary N) is 1. The zero-order valence-corrected chi connectivity index (χ0v) is 10.2. The van der Waals surface area contributed by atoms with Crippen LogP contribution in [-0.2, 0) is 6.18 Å². The first kappa shape index (κ1) is 15.2. The summed E-state index contributed by atoms with van der Waals surface area (Å²) >= 11 is 0. The van der Waals surface area contributed by atoms with Crippen molar-refractivity contribution in [3.8, 4) is 0 Å². The molecule has 1 rings (SSSR count). The third-order valence-corrected chi connectivity index (χ3v) is 2.51. The molecule has 4 N–H and O–H groups in total. The molecule has 8 heteroatoms. The van der Waals surface area contributed by atoms with Gasteiger partial charge in [-0.05, 0) is 18.6 Å². The number of anilines is 1. The van der Waals surface area contributed by atoms with E-state index in [0.717, 1.165) is 6.07 Å². The van der Waals surface area contributed by atoms with Gasteiger partial charge in [-0.25, -0.2) is 4.98 Å². The van der Waals surface area contributed by atoms with E-state index in [1.54, 1.807) is 6.92 Å². The Hall–Kier alpha value is -1.83. The highest BCUT2D eigenvalue weighted by Gasteiger charge is 2.33. The molecule has 0 radical (unpaired) electrons. The van der Waals surface area contributed by atoms with Crippen molar-refractivity contribution < 1.29 is 23.1 Å². The van der Waals surface area contributed by atoms with E-state index in [9.17, 15) is 18.0 Å². The van der Waals surface area contributed by atoms with Crippen molar-refractivity contribution in [3.05, 3.63) is 23.4 Å². The van der Waals surface area contributed by atoms with E-state index in [1.807, 2.05) is 0 Å². The number of aliphatic hydroxyl groups excluding tert-OH is 1. The number of rotatable bonds is 5. The first-order valence-corrected chi connectivity index (χ1v) is 5.55. The van der Waals surface area contributed by atoms with Crippen molar-refractivity contribution in [2.45, 2.75) is 25.6 Å². The monoisotopic (exact) mass is 277 g/mol. The van der Waals surface area contributed by atoms with Crippen molar-refractivity contribution in [2.75, 3.05) is 11.9 Å². The lowest BCUT2D eigenvalue weighted by Gasteiger charge is -2.17. The topological polar surface area (TPSA) is 88.2 Å². The number of carbonyl (C=O) groups excluding carboxylic acids is 1. The van der Waals surface area contributed by atoms with Gasteiger partial charge >= 0.3 is 6.18 Å². The Kier molecular flexibility index (Phi) is 4.71. The molecule has 1 aromatic heterocycles. The van der Waals surface area contributed by atoms with E-state index >= 15 is 0 Å².